The van der Waals surface area contributed by atoms with E-state index in [-0.39, 0.29) is 18.1 Å². The third-order valence-corrected chi connectivity index (χ3v) is 6.89. The Morgan fingerprint density at radius 2 is 1.60 bits per heavy atom. The molecule has 0 bridgehead atoms. The molecule has 1 amide bonds. The van der Waals surface area contributed by atoms with Crippen LogP contribution in [-0.4, -0.2) is 52.5 Å². The van der Waals surface area contributed by atoms with Gasteiger partial charge in [-0.2, -0.15) is 0 Å². The molecular weight excluding hydrogens is 546 g/mol. The van der Waals surface area contributed by atoms with Crippen LogP contribution < -0.4 is 14.8 Å². The first-order chi connectivity index (χ1) is 20.9. The second-order valence-electron chi connectivity index (χ2n) is 9.76. The van der Waals surface area contributed by atoms with Crippen molar-refractivity contribution in [2.45, 2.75) is 19.4 Å². The quantitative estimate of drug-likeness (QED) is 0.209. The van der Waals surface area contributed by atoms with Crippen molar-refractivity contribution in [2.24, 2.45) is 0 Å². The van der Waals surface area contributed by atoms with E-state index in [4.69, 9.17) is 14.2 Å². The number of hydrogen-bond donors (Lipinski definition) is 1. The van der Waals surface area contributed by atoms with Crippen LogP contribution >= 0.6 is 0 Å². The number of carbonyl (C=O) groups excluding carboxylic acids is 2. The minimum absolute atomic E-state index is 0.0134. The van der Waals surface area contributed by atoms with Crippen molar-refractivity contribution in [3.8, 4) is 22.9 Å². The Morgan fingerprint density at radius 3 is 2.30 bits per heavy atom. The minimum Gasteiger partial charge on any atom is -0.497 e. The molecule has 10 nitrogen and oxygen atoms in total. The van der Waals surface area contributed by atoms with Crippen molar-refractivity contribution in [1.82, 2.24) is 19.7 Å². The fourth-order valence-corrected chi connectivity index (χ4v) is 4.60. The zero-order valence-electron chi connectivity index (χ0n) is 24.1. The summed E-state index contributed by atoms with van der Waals surface area (Å²) in [5, 5.41) is 11.9. The summed E-state index contributed by atoms with van der Waals surface area (Å²) in [5.74, 6) is 1.93. The summed E-state index contributed by atoms with van der Waals surface area (Å²) in [4.78, 5) is 28.1. The average Bonchev–Trinajstić information content (AvgIpc) is 3.47. The maximum absolute atomic E-state index is 12.5. The third-order valence-electron chi connectivity index (χ3n) is 6.89. The van der Waals surface area contributed by atoms with Gasteiger partial charge in [-0.15, -0.1) is 10.2 Å². The molecule has 2 heterocycles. The number of methoxy groups -OCH3 is 2. The van der Waals surface area contributed by atoms with E-state index in [0.717, 1.165) is 34.1 Å². The number of benzene rings is 3. The van der Waals surface area contributed by atoms with Gasteiger partial charge < -0.3 is 24.1 Å². The highest BCUT2D eigenvalue weighted by Crippen LogP contribution is 2.29. The normalized spacial score (nSPS) is 11.4. The molecule has 1 atom stereocenters. The molecule has 0 aliphatic rings. The zero-order chi connectivity index (χ0) is 30.2. The van der Waals surface area contributed by atoms with Gasteiger partial charge >= 0.3 is 5.97 Å². The number of amides is 1. The average molecular weight is 578 g/mol. The standard InChI is InChI=1S/C33H31N5O5/c1-22(24-9-13-28(41-2)14-10-24)31-36-37-32(38(31)20-23-7-5-4-6-8-23)25-11-15-29(16-12-25)43-21-30(39)35-27-17-26(18-34-19-27)33(40)42-3/h4-19,22H,20-21H2,1-3H3,(H,35,39). The topological polar surface area (TPSA) is 117 Å². The highest BCUT2D eigenvalue weighted by Gasteiger charge is 2.21. The number of anilines is 1. The molecule has 1 unspecified atom stereocenters. The fraction of sp³-hybridized carbons (Fsp3) is 0.182. The Bertz CT molecular complexity index is 1690. The van der Waals surface area contributed by atoms with Crippen molar-refractivity contribution in [3.63, 3.8) is 0 Å². The van der Waals surface area contributed by atoms with Gasteiger partial charge in [0.15, 0.2) is 12.4 Å². The van der Waals surface area contributed by atoms with Crippen LogP contribution in [0.15, 0.2) is 97.3 Å². The molecule has 0 spiro atoms. The van der Waals surface area contributed by atoms with Crippen LogP contribution in [0.25, 0.3) is 11.4 Å². The number of ether oxygens (including phenoxy) is 3. The molecule has 0 saturated heterocycles. The number of nitrogens with one attached hydrogen (secondary N) is 1. The number of rotatable bonds is 11. The van der Waals surface area contributed by atoms with Crippen molar-refractivity contribution in [3.05, 3.63) is 120 Å². The highest BCUT2D eigenvalue weighted by molar-refractivity contribution is 5.94. The molecule has 0 radical (unpaired) electrons. The largest absolute Gasteiger partial charge is 0.497 e. The van der Waals surface area contributed by atoms with Crippen LogP contribution in [0.1, 0.15) is 40.2 Å². The van der Waals surface area contributed by atoms with Crippen molar-refractivity contribution in [1.29, 1.82) is 0 Å². The molecule has 0 saturated carbocycles. The SMILES string of the molecule is COC(=O)c1cncc(NC(=O)COc2ccc(-c3nnc(C(C)c4ccc(OC)cc4)n3Cc3ccccc3)cc2)c1. The molecule has 218 valence electrons. The summed E-state index contributed by atoms with van der Waals surface area (Å²) in [6, 6.07) is 27.0. The summed E-state index contributed by atoms with van der Waals surface area (Å²) in [6.45, 7) is 2.49. The van der Waals surface area contributed by atoms with Crippen molar-refractivity contribution >= 4 is 17.6 Å². The number of pyridine rings is 1. The van der Waals surface area contributed by atoms with Gasteiger partial charge in [-0.3, -0.25) is 9.78 Å². The van der Waals surface area contributed by atoms with Gasteiger partial charge in [0.05, 0.1) is 38.2 Å². The third kappa shape index (κ3) is 7.05. The Balaban J connectivity index is 1.31. The van der Waals surface area contributed by atoms with Gasteiger partial charge in [-0.05, 0) is 53.6 Å². The first-order valence-electron chi connectivity index (χ1n) is 13.6. The van der Waals surface area contributed by atoms with Crippen molar-refractivity contribution < 1.29 is 23.8 Å². The molecule has 0 aliphatic carbocycles. The van der Waals surface area contributed by atoms with Gasteiger partial charge in [-0.25, -0.2) is 4.79 Å². The highest BCUT2D eigenvalue weighted by atomic mass is 16.5. The zero-order valence-corrected chi connectivity index (χ0v) is 24.1. The first-order valence-corrected chi connectivity index (χ1v) is 13.6. The first kappa shape index (κ1) is 29.0. The summed E-state index contributed by atoms with van der Waals surface area (Å²) in [5.41, 5.74) is 3.69. The predicted molar refractivity (Wildman–Crippen MR) is 161 cm³/mol. The minimum atomic E-state index is -0.540. The molecule has 3 aromatic carbocycles. The van der Waals surface area contributed by atoms with Gasteiger partial charge in [0.25, 0.3) is 5.91 Å². The summed E-state index contributed by atoms with van der Waals surface area (Å²) in [6.07, 6.45) is 2.80. The van der Waals surface area contributed by atoms with Crippen LogP contribution in [0.2, 0.25) is 0 Å². The molecule has 5 aromatic rings. The molecule has 43 heavy (non-hydrogen) atoms. The lowest BCUT2D eigenvalue weighted by atomic mass is 10.00. The van der Waals surface area contributed by atoms with Gasteiger partial charge in [0.1, 0.15) is 17.3 Å². The summed E-state index contributed by atoms with van der Waals surface area (Å²) in [7, 11) is 2.93. The van der Waals surface area contributed by atoms with E-state index in [1.165, 1.54) is 25.6 Å². The Hall–Kier alpha value is -5.51. The van der Waals surface area contributed by atoms with Crippen LogP contribution in [-0.2, 0) is 16.1 Å². The fourth-order valence-electron chi connectivity index (χ4n) is 4.60. The Kier molecular flexibility index (Phi) is 9.06. The molecule has 10 heteroatoms. The summed E-state index contributed by atoms with van der Waals surface area (Å²) < 4.78 is 17.8. The van der Waals surface area contributed by atoms with E-state index >= 15 is 0 Å². The molecule has 2 aromatic heterocycles. The maximum atomic E-state index is 12.5. The predicted octanol–water partition coefficient (Wildman–Crippen LogP) is 5.35. The van der Waals surface area contributed by atoms with Gasteiger partial charge in [0, 0.05) is 17.7 Å². The van der Waals surface area contributed by atoms with E-state index in [2.05, 4.69) is 44.1 Å². The number of esters is 1. The van der Waals surface area contributed by atoms with Crippen molar-refractivity contribution in [2.75, 3.05) is 26.1 Å². The molecule has 0 fully saturated rings. The lowest BCUT2D eigenvalue weighted by Crippen LogP contribution is -2.20. The molecule has 0 aliphatic heterocycles. The van der Waals surface area contributed by atoms with Crippen LogP contribution in [0.3, 0.4) is 0 Å². The van der Waals surface area contributed by atoms with Crippen LogP contribution in [0.4, 0.5) is 5.69 Å². The van der Waals surface area contributed by atoms with E-state index < -0.39 is 11.9 Å². The second kappa shape index (κ2) is 13.4. The summed E-state index contributed by atoms with van der Waals surface area (Å²) >= 11 is 0. The monoisotopic (exact) mass is 577 g/mol. The maximum Gasteiger partial charge on any atom is 0.339 e. The lowest BCUT2D eigenvalue weighted by molar-refractivity contribution is -0.118. The molecule has 1 N–H and O–H groups in total. The molecule has 5 rings (SSSR count). The van der Waals surface area contributed by atoms with Gasteiger partial charge in [-0.1, -0.05) is 49.4 Å². The van der Waals surface area contributed by atoms with Gasteiger partial charge in [0.2, 0.25) is 0 Å². The number of hydrogen-bond acceptors (Lipinski definition) is 8. The Labute approximate surface area is 249 Å². The molecular formula is C33H31N5O5. The second-order valence-corrected chi connectivity index (χ2v) is 9.76. The van der Waals surface area contributed by atoms with Crippen LogP contribution in [0, 0.1) is 0 Å². The van der Waals surface area contributed by atoms with E-state index in [1.54, 1.807) is 19.2 Å². The number of aromatic nitrogens is 4. The lowest BCUT2D eigenvalue weighted by Gasteiger charge is -2.16. The number of nitrogens with zero attached hydrogens (tertiary/aromatic N) is 4. The van der Waals surface area contributed by atoms with E-state index in [9.17, 15) is 9.59 Å². The van der Waals surface area contributed by atoms with Crippen LogP contribution in [0.5, 0.6) is 11.5 Å². The smallest absolute Gasteiger partial charge is 0.339 e. The van der Waals surface area contributed by atoms with E-state index in [1.807, 2.05) is 54.6 Å². The van der Waals surface area contributed by atoms with E-state index in [0.29, 0.717) is 18.0 Å². The number of carbonyl (C=O) groups is 2. The Morgan fingerprint density at radius 1 is 0.884 bits per heavy atom.